The predicted molar refractivity (Wildman–Crippen MR) is 77.6 cm³/mol. The van der Waals surface area contributed by atoms with Crippen molar-refractivity contribution >= 4 is 23.2 Å². The summed E-state index contributed by atoms with van der Waals surface area (Å²) in [5.41, 5.74) is 6.42. The van der Waals surface area contributed by atoms with Crippen molar-refractivity contribution in [3.8, 4) is 0 Å². The highest BCUT2D eigenvalue weighted by Crippen LogP contribution is 2.22. The number of carbonyl (C=O) groups excluding carboxylic acids is 1. The number of ether oxygens (including phenoxy) is 1. The third-order valence-corrected chi connectivity index (χ3v) is 2.91. The number of hydrogen-bond acceptors (Lipinski definition) is 4. The first-order valence-corrected chi connectivity index (χ1v) is 6.45. The Kier molecular flexibility index (Phi) is 6.62. The van der Waals surface area contributed by atoms with Gasteiger partial charge >= 0.3 is 0 Å². The van der Waals surface area contributed by atoms with Crippen LogP contribution in [-0.4, -0.2) is 51.2 Å². The van der Waals surface area contributed by atoms with E-state index in [4.69, 9.17) is 22.1 Å². The monoisotopic (exact) mass is 285 g/mol. The molecule has 0 atom stereocenters. The second-order valence-electron chi connectivity index (χ2n) is 4.38. The van der Waals surface area contributed by atoms with Crippen LogP contribution < -0.4 is 11.1 Å². The molecule has 0 unspecified atom stereocenters. The molecule has 0 bridgehead atoms. The smallest absolute Gasteiger partial charge is 0.252 e. The first-order valence-electron chi connectivity index (χ1n) is 6.07. The Bertz CT molecular complexity index is 424. The van der Waals surface area contributed by atoms with Crippen LogP contribution in [0.5, 0.6) is 0 Å². The maximum atomic E-state index is 11.8. The van der Waals surface area contributed by atoms with Gasteiger partial charge in [-0.3, -0.25) is 4.79 Å². The summed E-state index contributed by atoms with van der Waals surface area (Å²) in [6.07, 6.45) is 0. The van der Waals surface area contributed by atoms with Gasteiger partial charge in [0.15, 0.2) is 0 Å². The fourth-order valence-electron chi connectivity index (χ4n) is 1.41. The van der Waals surface area contributed by atoms with Gasteiger partial charge in [-0.1, -0.05) is 17.7 Å². The summed E-state index contributed by atoms with van der Waals surface area (Å²) in [6, 6.07) is 4.99. The first-order chi connectivity index (χ1) is 9.02. The van der Waals surface area contributed by atoms with Gasteiger partial charge in [0.1, 0.15) is 0 Å². The van der Waals surface area contributed by atoms with Crippen molar-refractivity contribution in [2.24, 2.45) is 0 Å². The second-order valence-corrected chi connectivity index (χ2v) is 4.76. The van der Waals surface area contributed by atoms with Crippen LogP contribution >= 0.6 is 11.6 Å². The van der Waals surface area contributed by atoms with Gasteiger partial charge in [0.25, 0.3) is 5.91 Å². The Morgan fingerprint density at radius 2 is 2.16 bits per heavy atom. The Balaban J connectivity index is 2.30. The molecule has 3 N–H and O–H groups in total. The van der Waals surface area contributed by atoms with Crippen molar-refractivity contribution in [1.29, 1.82) is 0 Å². The van der Waals surface area contributed by atoms with E-state index in [1.807, 2.05) is 19.0 Å². The van der Waals surface area contributed by atoms with E-state index >= 15 is 0 Å². The number of halogens is 1. The van der Waals surface area contributed by atoms with Crippen molar-refractivity contribution in [2.45, 2.75) is 0 Å². The molecule has 0 aromatic heterocycles. The number of nitrogens with zero attached hydrogens (tertiary/aromatic N) is 1. The molecule has 0 aliphatic heterocycles. The number of rotatable bonds is 7. The van der Waals surface area contributed by atoms with Crippen molar-refractivity contribution in [3.05, 3.63) is 28.8 Å². The van der Waals surface area contributed by atoms with Gasteiger partial charge in [-0.25, -0.2) is 0 Å². The van der Waals surface area contributed by atoms with Crippen molar-refractivity contribution < 1.29 is 9.53 Å². The molecule has 5 nitrogen and oxygen atoms in total. The van der Waals surface area contributed by atoms with Gasteiger partial charge in [-0.2, -0.15) is 0 Å². The van der Waals surface area contributed by atoms with Crippen LogP contribution in [0, 0.1) is 0 Å². The average Bonchev–Trinajstić information content (AvgIpc) is 2.36. The highest BCUT2D eigenvalue weighted by atomic mass is 35.5. The van der Waals surface area contributed by atoms with Gasteiger partial charge in [-0.05, 0) is 26.2 Å². The number of nitrogens with one attached hydrogen (secondary N) is 1. The molecular formula is C13H20ClN3O2. The summed E-state index contributed by atoms with van der Waals surface area (Å²) in [4.78, 5) is 13.9. The first kappa shape index (κ1) is 15.8. The topological polar surface area (TPSA) is 67.6 Å². The molecule has 1 aromatic carbocycles. The fraction of sp³-hybridized carbons (Fsp3) is 0.462. The third-order valence-electron chi connectivity index (χ3n) is 2.49. The van der Waals surface area contributed by atoms with E-state index in [-0.39, 0.29) is 10.9 Å². The largest absolute Gasteiger partial charge is 0.398 e. The molecule has 0 saturated carbocycles. The summed E-state index contributed by atoms with van der Waals surface area (Å²) >= 11 is 5.96. The van der Waals surface area contributed by atoms with Gasteiger partial charge in [0, 0.05) is 13.1 Å². The summed E-state index contributed by atoms with van der Waals surface area (Å²) in [5, 5.41) is 3.02. The van der Waals surface area contributed by atoms with Crippen LogP contribution in [0.2, 0.25) is 5.02 Å². The normalized spacial score (nSPS) is 10.7. The number of amides is 1. The number of hydrogen-bond donors (Lipinski definition) is 2. The van der Waals surface area contributed by atoms with E-state index in [2.05, 4.69) is 5.32 Å². The Morgan fingerprint density at radius 3 is 2.84 bits per heavy atom. The number of anilines is 1. The molecule has 1 amide bonds. The Labute approximate surface area is 118 Å². The number of benzene rings is 1. The molecule has 0 aliphatic rings. The van der Waals surface area contributed by atoms with Crippen LogP contribution in [0.15, 0.2) is 18.2 Å². The predicted octanol–water partition coefficient (Wildman–Crippen LogP) is 1.23. The Morgan fingerprint density at radius 1 is 1.42 bits per heavy atom. The lowest BCUT2D eigenvalue weighted by Crippen LogP contribution is -2.28. The van der Waals surface area contributed by atoms with E-state index in [9.17, 15) is 4.79 Å². The molecule has 0 spiro atoms. The minimum absolute atomic E-state index is 0.242. The lowest BCUT2D eigenvalue weighted by atomic mass is 10.2. The van der Waals surface area contributed by atoms with Crippen LogP contribution in [0.4, 0.5) is 5.69 Å². The quantitative estimate of drug-likeness (QED) is 0.584. The fourth-order valence-corrected chi connectivity index (χ4v) is 1.62. The average molecular weight is 286 g/mol. The minimum atomic E-state index is -0.242. The van der Waals surface area contributed by atoms with Crippen LogP contribution in [0.25, 0.3) is 0 Å². The standard InChI is InChI=1S/C13H20ClN3O2/c1-17(2)7-9-19-8-6-16-13(18)10-4-3-5-11(15)12(10)14/h3-5H,6-9,15H2,1-2H3,(H,16,18). The van der Waals surface area contributed by atoms with E-state index in [1.165, 1.54) is 0 Å². The molecule has 1 rings (SSSR count). The lowest BCUT2D eigenvalue weighted by molar-refractivity contribution is 0.0900. The molecule has 0 heterocycles. The molecule has 1 aromatic rings. The number of nitrogen functional groups attached to an aromatic ring is 1. The highest BCUT2D eigenvalue weighted by molar-refractivity contribution is 6.36. The van der Waals surface area contributed by atoms with Crippen molar-refractivity contribution in [1.82, 2.24) is 10.2 Å². The molecule has 0 fully saturated rings. The molecule has 19 heavy (non-hydrogen) atoms. The maximum absolute atomic E-state index is 11.8. The van der Waals surface area contributed by atoms with Crippen molar-refractivity contribution in [3.63, 3.8) is 0 Å². The summed E-state index contributed by atoms with van der Waals surface area (Å²) in [5.74, 6) is -0.242. The maximum Gasteiger partial charge on any atom is 0.252 e. The molecule has 0 radical (unpaired) electrons. The second kappa shape index (κ2) is 7.99. The number of likely N-dealkylation sites (N-methyl/N-ethyl adjacent to an activating group) is 1. The van der Waals surface area contributed by atoms with Crippen LogP contribution in [-0.2, 0) is 4.74 Å². The molecule has 0 saturated heterocycles. The van der Waals surface area contributed by atoms with Gasteiger partial charge in [-0.15, -0.1) is 0 Å². The SMILES string of the molecule is CN(C)CCOCCNC(=O)c1cccc(N)c1Cl. The van der Waals surface area contributed by atoms with E-state index in [0.29, 0.717) is 31.0 Å². The summed E-state index contributed by atoms with van der Waals surface area (Å²) in [6.45, 7) is 2.41. The van der Waals surface area contributed by atoms with Crippen molar-refractivity contribution in [2.75, 3.05) is 46.1 Å². The van der Waals surface area contributed by atoms with E-state index in [0.717, 1.165) is 6.54 Å². The molecular weight excluding hydrogens is 266 g/mol. The van der Waals surface area contributed by atoms with Gasteiger partial charge in [0.05, 0.1) is 29.5 Å². The zero-order chi connectivity index (χ0) is 14.3. The molecule has 6 heteroatoms. The van der Waals surface area contributed by atoms with E-state index < -0.39 is 0 Å². The molecule has 0 aliphatic carbocycles. The number of carbonyl (C=O) groups is 1. The molecule has 106 valence electrons. The van der Waals surface area contributed by atoms with Crippen LogP contribution in [0.3, 0.4) is 0 Å². The summed E-state index contributed by atoms with van der Waals surface area (Å²) < 4.78 is 5.37. The van der Waals surface area contributed by atoms with Gasteiger partial charge < -0.3 is 20.7 Å². The van der Waals surface area contributed by atoms with Crippen LogP contribution in [0.1, 0.15) is 10.4 Å². The highest BCUT2D eigenvalue weighted by Gasteiger charge is 2.11. The minimum Gasteiger partial charge on any atom is -0.398 e. The zero-order valence-electron chi connectivity index (χ0n) is 11.3. The zero-order valence-corrected chi connectivity index (χ0v) is 12.0. The van der Waals surface area contributed by atoms with E-state index in [1.54, 1.807) is 18.2 Å². The Hall–Kier alpha value is -1.30. The third kappa shape index (κ3) is 5.46. The lowest BCUT2D eigenvalue weighted by Gasteiger charge is -2.11. The number of nitrogens with two attached hydrogens (primary N) is 1. The van der Waals surface area contributed by atoms with Gasteiger partial charge in [0.2, 0.25) is 0 Å². The summed E-state index contributed by atoms with van der Waals surface area (Å²) in [7, 11) is 3.96.